The summed E-state index contributed by atoms with van der Waals surface area (Å²) in [7, 11) is 0. The second-order valence-corrected chi connectivity index (χ2v) is 8.43. The highest BCUT2D eigenvalue weighted by molar-refractivity contribution is 5.59. The van der Waals surface area contributed by atoms with E-state index in [0.29, 0.717) is 24.3 Å². The van der Waals surface area contributed by atoms with Crippen LogP contribution in [0.1, 0.15) is 23.7 Å². The van der Waals surface area contributed by atoms with Crippen molar-refractivity contribution in [3.8, 4) is 28.7 Å². The number of benzene rings is 1. The van der Waals surface area contributed by atoms with Crippen LogP contribution in [-0.2, 0) is 19.6 Å². The Labute approximate surface area is 215 Å². The molecule has 0 atom stereocenters. The largest absolute Gasteiger partial charge is 0.573 e. The Kier molecular flexibility index (Phi) is 6.81. The SMILES string of the molecule is CCn1cc(CNc2cc(Cn3nc(-c4nc(-c5ccc(OC(F)(F)F)cc5)no4)cc3C)ccn2)cn1. The number of aromatic nitrogens is 7. The topological polar surface area (TPSA) is 109 Å². The fourth-order valence-electron chi connectivity index (χ4n) is 3.73. The van der Waals surface area contributed by atoms with Crippen molar-refractivity contribution >= 4 is 5.82 Å². The molecule has 5 rings (SSSR count). The number of rotatable bonds is 9. The van der Waals surface area contributed by atoms with Gasteiger partial charge in [0.25, 0.3) is 5.89 Å². The number of alkyl halides is 3. The van der Waals surface area contributed by atoms with Crippen molar-refractivity contribution in [2.75, 3.05) is 5.32 Å². The number of halogens is 3. The summed E-state index contributed by atoms with van der Waals surface area (Å²) in [5.41, 5.74) is 3.91. The Bertz CT molecular complexity index is 1520. The smallest absolute Gasteiger partial charge is 0.406 e. The number of hydrogen-bond donors (Lipinski definition) is 1. The maximum Gasteiger partial charge on any atom is 0.573 e. The van der Waals surface area contributed by atoms with Gasteiger partial charge in [-0.1, -0.05) is 5.16 Å². The van der Waals surface area contributed by atoms with Crippen LogP contribution in [-0.4, -0.2) is 41.0 Å². The van der Waals surface area contributed by atoms with E-state index in [1.165, 1.54) is 24.3 Å². The van der Waals surface area contributed by atoms with Crippen LogP contribution in [0.2, 0.25) is 0 Å². The molecule has 0 saturated carbocycles. The molecule has 5 aromatic rings. The van der Waals surface area contributed by atoms with Gasteiger partial charge in [-0.05, 0) is 61.9 Å². The molecule has 0 fully saturated rings. The van der Waals surface area contributed by atoms with E-state index in [4.69, 9.17) is 4.52 Å². The minimum Gasteiger partial charge on any atom is -0.406 e. The Morgan fingerprint density at radius 3 is 2.63 bits per heavy atom. The Morgan fingerprint density at radius 2 is 1.89 bits per heavy atom. The third-order valence-corrected chi connectivity index (χ3v) is 5.61. The molecule has 0 saturated heterocycles. The van der Waals surface area contributed by atoms with Crippen molar-refractivity contribution in [2.45, 2.75) is 39.8 Å². The Morgan fingerprint density at radius 1 is 1.08 bits per heavy atom. The Hall–Kier alpha value is -4.68. The second-order valence-electron chi connectivity index (χ2n) is 8.43. The maximum absolute atomic E-state index is 12.4. The van der Waals surface area contributed by atoms with Gasteiger partial charge >= 0.3 is 6.36 Å². The normalized spacial score (nSPS) is 11.6. The molecule has 0 radical (unpaired) electrons. The standard InChI is InChI=1S/C25H23F3N8O2/c1-3-35-14-18(13-31-35)12-30-22-11-17(8-9-29-22)15-36-16(2)10-21(33-36)24-32-23(34-38-24)19-4-6-20(7-5-19)37-25(26,27)28/h4-11,13-14H,3,12,15H2,1-2H3,(H,29,30). The molecule has 10 nitrogen and oxygen atoms in total. The molecule has 0 unspecified atom stereocenters. The van der Waals surface area contributed by atoms with E-state index in [2.05, 4.69) is 35.4 Å². The van der Waals surface area contributed by atoms with Crippen molar-refractivity contribution in [3.63, 3.8) is 0 Å². The summed E-state index contributed by atoms with van der Waals surface area (Å²) in [5.74, 6) is 0.827. The number of aryl methyl sites for hydroxylation is 2. The van der Waals surface area contributed by atoms with Crippen LogP contribution in [0.5, 0.6) is 5.75 Å². The highest BCUT2D eigenvalue weighted by Crippen LogP contribution is 2.27. The van der Waals surface area contributed by atoms with Gasteiger partial charge in [-0.25, -0.2) is 4.98 Å². The number of ether oxygens (including phenoxy) is 1. The van der Waals surface area contributed by atoms with Gasteiger partial charge in [0.05, 0.1) is 12.7 Å². The third kappa shape index (κ3) is 5.99. The van der Waals surface area contributed by atoms with E-state index in [0.717, 1.165) is 29.2 Å². The zero-order valence-electron chi connectivity index (χ0n) is 20.5. The molecule has 0 aliphatic heterocycles. The molecule has 0 aliphatic carbocycles. The molecule has 13 heteroatoms. The highest BCUT2D eigenvalue weighted by Gasteiger charge is 2.31. The van der Waals surface area contributed by atoms with E-state index in [9.17, 15) is 13.2 Å². The van der Waals surface area contributed by atoms with E-state index in [1.807, 2.05) is 53.8 Å². The number of hydrogen-bond acceptors (Lipinski definition) is 8. The van der Waals surface area contributed by atoms with Gasteiger partial charge in [0.2, 0.25) is 5.82 Å². The lowest BCUT2D eigenvalue weighted by atomic mass is 10.2. The zero-order valence-corrected chi connectivity index (χ0v) is 20.5. The maximum atomic E-state index is 12.4. The molecule has 1 aromatic carbocycles. The molecule has 0 aliphatic rings. The summed E-state index contributed by atoms with van der Waals surface area (Å²) < 4.78 is 50.1. The van der Waals surface area contributed by atoms with Crippen LogP contribution < -0.4 is 10.1 Å². The molecule has 4 aromatic heterocycles. The first-order valence-electron chi connectivity index (χ1n) is 11.7. The third-order valence-electron chi connectivity index (χ3n) is 5.61. The lowest BCUT2D eigenvalue weighted by Crippen LogP contribution is -2.16. The van der Waals surface area contributed by atoms with Gasteiger partial charge in [0.15, 0.2) is 5.69 Å². The van der Waals surface area contributed by atoms with Crippen LogP contribution in [0.4, 0.5) is 19.0 Å². The molecule has 0 bridgehead atoms. The van der Waals surface area contributed by atoms with Gasteiger partial charge in [0, 0.05) is 42.3 Å². The van der Waals surface area contributed by atoms with Crippen molar-refractivity contribution in [1.29, 1.82) is 0 Å². The van der Waals surface area contributed by atoms with E-state index in [1.54, 1.807) is 6.20 Å². The van der Waals surface area contributed by atoms with E-state index < -0.39 is 6.36 Å². The molecule has 4 heterocycles. The number of pyridine rings is 1. The second kappa shape index (κ2) is 10.4. The zero-order chi connectivity index (χ0) is 26.7. The average Bonchev–Trinajstić information content (AvgIpc) is 3.63. The fraction of sp³-hybridized carbons (Fsp3) is 0.240. The van der Waals surface area contributed by atoms with Gasteiger partial charge in [-0.3, -0.25) is 9.36 Å². The first-order chi connectivity index (χ1) is 18.3. The van der Waals surface area contributed by atoms with Crippen LogP contribution in [0, 0.1) is 6.92 Å². The summed E-state index contributed by atoms with van der Waals surface area (Å²) in [6.45, 7) is 5.88. The van der Waals surface area contributed by atoms with Crippen molar-refractivity contribution in [1.82, 2.24) is 34.7 Å². The summed E-state index contributed by atoms with van der Waals surface area (Å²) in [6, 6.07) is 10.9. The molecule has 38 heavy (non-hydrogen) atoms. The minimum atomic E-state index is -4.76. The highest BCUT2D eigenvalue weighted by atomic mass is 19.4. The quantitative estimate of drug-likeness (QED) is 0.284. The van der Waals surface area contributed by atoms with Crippen LogP contribution in [0.3, 0.4) is 0 Å². The summed E-state index contributed by atoms with van der Waals surface area (Å²) in [4.78, 5) is 8.74. The van der Waals surface area contributed by atoms with Crippen LogP contribution in [0.25, 0.3) is 23.0 Å². The monoisotopic (exact) mass is 524 g/mol. The molecule has 1 N–H and O–H groups in total. The van der Waals surface area contributed by atoms with Gasteiger partial charge < -0.3 is 14.6 Å². The van der Waals surface area contributed by atoms with Crippen molar-refractivity contribution in [2.24, 2.45) is 0 Å². The minimum absolute atomic E-state index is 0.196. The first-order valence-corrected chi connectivity index (χ1v) is 11.7. The molecular weight excluding hydrogens is 501 g/mol. The van der Waals surface area contributed by atoms with E-state index in [-0.39, 0.29) is 17.5 Å². The van der Waals surface area contributed by atoms with Crippen LogP contribution >= 0.6 is 0 Å². The molecule has 0 spiro atoms. The fourth-order valence-corrected chi connectivity index (χ4v) is 3.73. The lowest BCUT2D eigenvalue weighted by molar-refractivity contribution is -0.274. The van der Waals surface area contributed by atoms with Crippen LogP contribution in [0.15, 0.2) is 65.6 Å². The lowest BCUT2D eigenvalue weighted by Gasteiger charge is -2.08. The van der Waals surface area contributed by atoms with Gasteiger partial charge in [-0.15, -0.1) is 13.2 Å². The van der Waals surface area contributed by atoms with E-state index >= 15 is 0 Å². The molecule has 196 valence electrons. The van der Waals surface area contributed by atoms with Gasteiger partial charge in [0.1, 0.15) is 11.6 Å². The number of nitrogens with zero attached hydrogens (tertiary/aromatic N) is 7. The first kappa shape index (κ1) is 25.0. The predicted molar refractivity (Wildman–Crippen MR) is 131 cm³/mol. The molecular formula is C25H23F3N8O2. The number of nitrogens with one attached hydrogen (secondary N) is 1. The summed E-state index contributed by atoms with van der Waals surface area (Å²) in [6.07, 6.45) is 0.800. The van der Waals surface area contributed by atoms with Gasteiger partial charge in [-0.2, -0.15) is 15.2 Å². The number of anilines is 1. The summed E-state index contributed by atoms with van der Waals surface area (Å²) in [5, 5.41) is 16.1. The van der Waals surface area contributed by atoms with Crippen molar-refractivity contribution < 1.29 is 22.4 Å². The van der Waals surface area contributed by atoms with Crippen molar-refractivity contribution in [3.05, 3.63) is 77.9 Å². The molecule has 0 amide bonds. The predicted octanol–water partition coefficient (Wildman–Crippen LogP) is 5.08. The average molecular weight is 525 g/mol. The Balaban J connectivity index is 1.25. The summed E-state index contributed by atoms with van der Waals surface area (Å²) >= 11 is 0.